The van der Waals surface area contributed by atoms with Crippen LogP contribution < -0.4 is 9.64 Å². The third kappa shape index (κ3) is 5.49. The summed E-state index contributed by atoms with van der Waals surface area (Å²) in [5.74, 6) is -0.334. The number of carbonyl (C=O) groups excluding carboxylic acids is 2. The number of thioether (sulfide) groups is 1. The Balaban J connectivity index is 1.46. The number of Topliss-reactive ketones (excluding diaryl/α,β-unsaturated/α-hetero) is 1. The van der Waals surface area contributed by atoms with E-state index in [0.717, 1.165) is 12.0 Å². The summed E-state index contributed by atoms with van der Waals surface area (Å²) in [6.07, 6.45) is 0.873. The lowest BCUT2D eigenvalue weighted by molar-refractivity contribution is -0.117. The van der Waals surface area contributed by atoms with Gasteiger partial charge >= 0.3 is 0 Å². The van der Waals surface area contributed by atoms with E-state index in [9.17, 15) is 14.7 Å². The fourth-order valence-corrected chi connectivity index (χ4v) is 6.57. The Labute approximate surface area is 236 Å². The molecule has 0 aliphatic carbocycles. The van der Waals surface area contributed by atoms with E-state index in [4.69, 9.17) is 16.3 Å². The summed E-state index contributed by atoms with van der Waals surface area (Å²) >= 11 is 9.94. The van der Waals surface area contributed by atoms with Gasteiger partial charge in [0.15, 0.2) is 10.1 Å². The van der Waals surface area contributed by atoms with E-state index in [-0.39, 0.29) is 5.57 Å². The standard InChI is InChI=1S/C27H22ClN3O4S3/c1-2-13-35-19-11-7-17(8-12-19)22-21(23(32)20-4-3-14-36-20)24(33)25(34)31(22)26-29-30-27(38-26)37-15-16-5-9-18(28)10-6-16/h3-12,14,22,33H,2,13,15H2,1H3. The molecule has 194 valence electrons. The average molecular weight is 584 g/mol. The number of aliphatic hydroxyl groups excluding tert-OH is 1. The number of thiophene rings is 1. The van der Waals surface area contributed by atoms with Crippen LogP contribution in [0.15, 0.2) is 81.7 Å². The Hall–Kier alpha value is -3.18. The Morgan fingerprint density at radius 2 is 1.89 bits per heavy atom. The Kier molecular flexibility index (Phi) is 8.13. The molecule has 3 heterocycles. The number of aromatic nitrogens is 2. The van der Waals surface area contributed by atoms with Crippen LogP contribution in [0.4, 0.5) is 5.13 Å². The van der Waals surface area contributed by atoms with Gasteiger partial charge in [0.2, 0.25) is 10.9 Å². The highest BCUT2D eigenvalue weighted by Gasteiger charge is 2.46. The number of ketones is 1. The van der Waals surface area contributed by atoms with Crippen LogP contribution in [0.5, 0.6) is 5.75 Å². The minimum absolute atomic E-state index is 0.0187. The van der Waals surface area contributed by atoms with Gasteiger partial charge in [-0.15, -0.1) is 21.5 Å². The number of aliphatic hydroxyl groups is 1. The van der Waals surface area contributed by atoms with Gasteiger partial charge in [0, 0.05) is 10.8 Å². The number of ether oxygens (including phenoxy) is 1. The van der Waals surface area contributed by atoms with Crippen LogP contribution in [-0.2, 0) is 10.5 Å². The number of benzene rings is 2. The summed E-state index contributed by atoms with van der Waals surface area (Å²) in [5, 5.41) is 22.2. The second-order valence-electron chi connectivity index (χ2n) is 8.33. The number of amides is 1. The van der Waals surface area contributed by atoms with Crippen LogP contribution in [0.1, 0.15) is 40.2 Å². The van der Waals surface area contributed by atoms with Gasteiger partial charge in [-0.25, -0.2) is 0 Å². The second kappa shape index (κ2) is 11.7. The van der Waals surface area contributed by atoms with Crippen LogP contribution in [0.3, 0.4) is 0 Å². The molecule has 38 heavy (non-hydrogen) atoms. The largest absolute Gasteiger partial charge is 0.503 e. The van der Waals surface area contributed by atoms with Crippen molar-refractivity contribution >= 4 is 62.9 Å². The summed E-state index contributed by atoms with van der Waals surface area (Å²) in [5.41, 5.74) is 1.74. The quantitative estimate of drug-likeness (QED) is 0.121. The summed E-state index contributed by atoms with van der Waals surface area (Å²) in [6, 6.07) is 17.3. The van der Waals surface area contributed by atoms with Gasteiger partial charge in [0.25, 0.3) is 5.91 Å². The minimum atomic E-state index is -0.862. The van der Waals surface area contributed by atoms with E-state index in [0.29, 0.717) is 43.0 Å². The van der Waals surface area contributed by atoms with Crippen molar-refractivity contribution in [1.82, 2.24) is 10.2 Å². The molecule has 1 atom stereocenters. The molecule has 2 aromatic carbocycles. The third-order valence-electron chi connectivity index (χ3n) is 5.74. The van der Waals surface area contributed by atoms with E-state index in [2.05, 4.69) is 10.2 Å². The maximum absolute atomic E-state index is 13.5. The molecular formula is C27H22ClN3O4S3. The number of rotatable bonds is 10. The van der Waals surface area contributed by atoms with Crippen molar-refractivity contribution in [1.29, 1.82) is 0 Å². The van der Waals surface area contributed by atoms with Crippen molar-refractivity contribution in [2.75, 3.05) is 11.5 Å². The van der Waals surface area contributed by atoms with Crippen molar-refractivity contribution < 1.29 is 19.4 Å². The van der Waals surface area contributed by atoms with Crippen LogP contribution in [0.2, 0.25) is 5.02 Å². The highest BCUT2D eigenvalue weighted by atomic mass is 35.5. The fraction of sp³-hybridized carbons (Fsp3) is 0.185. The summed E-state index contributed by atoms with van der Waals surface area (Å²) in [7, 11) is 0. The number of halogens is 1. The maximum Gasteiger partial charge on any atom is 0.296 e. The van der Waals surface area contributed by atoms with Crippen molar-refractivity contribution in [3.8, 4) is 5.75 Å². The fourth-order valence-electron chi connectivity index (χ4n) is 3.94. The lowest BCUT2D eigenvalue weighted by Gasteiger charge is -2.24. The van der Waals surface area contributed by atoms with Crippen molar-refractivity contribution in [3.63, 3.8) is 0 Å². The van der Waals surface area contributed by atoms with E-state index >= 15 is 0 Å². The van der Waals surface area contributed by atoms with E-state index in [1.54, 1.807) is 41.8 Å². The van der Waals surface area contributed by atoms with Crippen LogP contribution >= 0.6 is 46.0 Å². The molecule has 5 rings (SSSR count). The number of hydrogen-bond acceptors (Lipinski definition) is 9. The first kappa shape index (κ1) is 26.4. The average Bonchev–Trinajstić information content (AvgIpc) is 3.68. The minimum Gasteiger partial charge on any atom is -0.503 e. The normalized spacial score (nSPS) is 15.4. The highest BCUT2D eigenvalue weighted by Crippen LogP contribution is 2.44. The molecule has 1 N–H and O–H groups in total. The zero-order valence-electron chi connectivity index (χ0n) is 20.2. The first-order valence-corrected chi connectivity index (χ1v) is 14.8. The molecule has 2 aromatic heterocycles. The first-order chi connectivity index (χ1) is 18.5. The van der Waals surface area contributed by atoms with E-state index in [1.165, 1.54) is 39.3 Å². The number of nitrogens with zero attached hydrogens (tertiary/aromatic N) is 3. The molecule has 1 unspecified atom stereocenters. The zero-order valence-corrected chi connectivity index (χ0v) is 23.4. The van der Waals surface area contributed by atoms with Crippen molar-refractivity contribution in [2.45, 2.75) is 29.5 Å². The predicted octanol–water partition coefficient (Wildman–Crippen LogP) is 7.12. The molecule has 0 bridgehead atoms. The SMILES string of the molecule is CCCOc1ccc(C2C(C(=O)c3cccs3)=C(O)C(=O)N2c2nnc(SCc3ccc(Cl)cc3)s2)cc1. The molecule has 0 saturated carbocycles. The summed E-state index contributed by atoms with van der Waals surface area (Å²) < 4.78 is 6.35. The summed E-state index contributed by atoms with van der Waals surface area (Å²) in [4.78, 5) is 28.6. The number of anilines is 1. The molecule has 0 spiro atoms. The predicted molar refractivity (Wildman–Crippen MR) is 152 cm³/mol. The Bertz CT molecular complexity index is 1470. The van der Waals surface area contributed by atoms with Crippen LogP contribution in [0.25, 0.3) is 0 Å². The summed E-state index contributed by atoms with van der Waals surface area (Å²) in [6.45, 7) is 2.61. The molecule has 7 nitrogen and oxygen atoms in total. The molecule has 11 heteroatoms. The number of hydrogen-bond donors (Lipinski definition) is 1. The van der Waals surface area contributed by atoms with Gasteiger partial charge in [-0.3, -0.25) is 14.5 Å². The molecule has 0 saturated heterocycles. The monoisotopic (exact) mass is 583 g/mol. The van der Waals surface area contributed by atoms with Crippen LogP contribution in [0, 0.1) is 0 Å². The van der Waals surface area contributed by atoms with E-state index < -0.39 is 23.5 Å². The second-order valence-corrected chi connectivity index (χ2v) is 11.9. The molecule has 4 aromatic rings. The van der Waals surface area contributed by atoms with Gasteiger partial charge < -0.3 is 9.84 Å². The van der Waals surface area contributed by atoms with Gasteiger partial charge in [-0.1, -0.05) is 72.0 Å². The zero-order chi connectivity index (χ0) is 26.6. The van der Waals surface area contributed by atoms with Gasteiger partial charge in [-0.2, -0.15) is 0 Å². The number of carbonyl (C=O) groups is 2. The molecule has 1 aliphatic heterocycles. The Morgan fingerprint density at radius 1 is 1.13 bits per heavy atom. The maximum atomic E-state index is 13.5. The van der Waals surface area contributed by atoms with Crippen LogP contribution in [-0.4, -0.2) is 33.6 Å². The smallest absolute Gasteiger partial charge is 0.296 e. The van der Waals surface area contributed by atoms with Gasteiger partial charge in [-0.05, 0) is 53.3 Å². The highest BCUT2D eigenvalue weighted by molar-refractivity contribution is 8.00. The van der Waals surface area contributed by atoms with Gasteiger partial charge in [0.05, 0.1) is 23.1 Å². The first-order valence-electron chi connectivity index (χ1n) is 11.7. The third-order valence-corrected chi connectivity index (χ3v) is 8.99. The topological polar surface area (TPSA) is 92.6 Å². The lowest BCUT2D eigenvalue weighted by atomic mass is 9.95. The molecule has 0 radical (unpaired) electrons. The molecular weight excluding hydrogens is 562 g/mol. The molecule has 1 amide bonds. The molecule has 1 aliphatic rings. The van der Waals surface area contributed by atoms with Crippen molar-refractivity contribution in [3.05, 3.63) is 98.4 Å². The van der Waals surface area contributed by atoms with Crippen molar-refractivity contribution in [2.24, 2.45) is 0 Å². The molecule has 0 fully saturated rings. The lowest BCUT2D eigenvalue weighted by Crippen LogP contribution is -2.31. The Morgan fingerprint density at radius 3 is 2.58 bits per heavy atom. The van der Waals surface area contributed by atoms with E-state index in [1.807, 2.05) is 31.2 Å². The van der Waals surface area contributed by atoms with Gasteiger partial charge in [0.1, 0.15) is 5.75 Å².